The molecule has 1 saturated carbocycles. The Balaban J connectivity index is 1.98. The molecule has 2 heterocycles. The Morgan fingerprint density at radius 1 is 1.37 bits per heavy atom. The molecule has 3 rings (SSSR count). The van der Waals surface area contributed by atoms with E-state index in [0.717, 1.165) is 36.1 Å². The highest BCUT2D eigenvalue weighted by atomic mass is 32.2. The summed E-state index contributed by atoms with van der Waals surface area (Å²) in [5.74, 6) is 0.350. The van der Waals surface area contributed by atoms with Crippen LogP contribution in [0.4, 0.5) is 0 Å². The van der Waals surface area contributed by atoms with Gasteiger partial charge in [0.1, 0.15) is 12.2 Å². The topological polar surface area (TPSA) is 93.8 Å². The molecule has 1 N–H and O–H groups in total. The fourth-order valence-electron chi connectivity index (χ4n) is 1.76. The maximum Gasteiger partial charge on any atom is 0.313 e. The number of aliphatic carboxylic acids is 1. The first-order valence-electron chi connectivity index (χ1n) is 5.81. The number of rotatable bonds is 5. The van der Waals surface area contributed by atoms with Crippen molar-refractivity contribution in [3.63, 3.8) is 0 Å². The van der Waals surface area contributed by atoms with Crippen LogP contribution >= 0.6 is 11.8 Å². The van der Waals surface area contributed by atoms with Crippen LogP contribution in [0.15, 0.2) is 23.9 Å². The van der Waals surface area contributed by atoms with Gasteiger partial charge < -0.3 is 5.11 Å². The summed E-state index contributed by atoms with van der Waals surface area (Å²) >= 11 is 1.15. The molecule has 0 aromatic carbocycles. The Morgan fingerprint density at radius 3 is 2.74 bits per heavy atom. The molecule has 2 aromatic rings. The van der Waals surface area contributed by atoms with E-state index in [0.29, 0.717) is 11.1 Å². The van der Waals surface area contributed by atoms with Crippen LogP contribution in [0.2, 0.25) is 0 Å². The first kappa shape index (κ1) is 12.1. The Morgan fingerprint density at radius 2 is 2.11 bits per heavy atom. The van der Waals surface area contributed by atoms with Crippen molar-refractivity contribution in [3.8, 4) is 5.69 Å². The molecule has 1 fully saturated rings. The SMILES string of the molecule is O=C(O)CSc1nnc(C2CC2)n1-c1cncnc1. The third kappa shape index (κ3) is 2.58. The van der Waals surface area contributed by atoms with Gasteiger partial charge in [-0.15, -0.1) is 10.2 Å². The van der Waals surface area contributed by atoms with Crippen molar-refractivity contribution in [3.05, 3.63) is 24.5 Å². The molecule has 0 amide bonds. The number of carboxylic acids is 1. The monoisotopic (exact) mass is 277 g/mol. The highest BCUT2D eigenvalue weighted by Gasteiger charge is 2.31. The van der Waals surface area contributed by atoms with E-state index in [2.05, 4.69) is 20.2 Å². The number of aromatic nitrogens is 5. The van der Waals surface area contributed by atoms with E-state index in [9.17, 15) is 4.79 Å². The van der Waals surface area contributed by atoms with Crippen LogP contribution in [0.1, 0.15) is 24.6 Å². The van der Waals surface area contributed by atoms with E-state index in [1.165, 1.54) is 6.33 Å². The average molecular weight is 277 g/mol. The van der Waals surface area contributed by atoms with E-state index in [1.807, 2.05) is 4.57 Å². The van der Waals surface area contributed by atoms with Crippen LogP contribution in [0.3, 0.4) is 0 Å². The van der Waals surface area contributed by atoms with Crippen molar-refractivity contribution in [1.82, 2.24) is 24.7 Å². The van der Waals surface area contributed by atoms with E-state index in [1.54, 1.807) is 12.4 Å². The van der Waals surface area contributed by atoms with Crippen LogP contribution < -0.4 is 0 Å². The molecule has 0 unspecified atom stereocenters. The van der Waals surface area contributed by atoms with Gasteiger partial charge in [0.2, 0.25) is 0 Å². The van der Waals surface area contributed by atoms with E-state index in [-0.39, 0.29) is 5.75 Å². The summed E-state index contributed by atoms with van der Waals surface area (Å²) in [5.41, 5.74) is 0.766. The first-order valence-corrected chi connectivity index (χ1v) is 6.79. The number of thioether (sulfide) groups is 1. The quantitative estimate of drug-likeness (QED) is 0.818. The van der Waals surface area contributed by atoms with Crippen LogP contribution in [0.25, 0.3) is 5.69 Å². The lowest BCUT2D eigenvalue weighted by atomic mass is 10.4. The van der Waals surface area contributed by atoms with Crippen LogP contribution in [-0.2, 0) is 4.79 Å². The van der Waals surface area contributed by atoms with Crippen molar-refractivity contribution in [2.75, 3.05) is 5.75 Å². The minimum absolute atomic E-state index is 0.0451. The van der Waals surface area contributed by atoms with Gasteiger partial charge in [-0.05, 0) is 12.8 Å². The number of hydrogen-bond acceptors (Lipinski definition) is 6. The summed E-state index contributed by atoms with van der Waals surface area (Å²) in [4.78, 5) is 18.6. The van der Waals surface area contributed by atoms with Crippen molar-refractivity contribution in [1.29, 1.82) is 0 Å². The van der Waals surface area contributed by atoms with E-state index < -0.39 is 5.97 Å². The zero-order chi connectivity index (χ0) is 13.2. The molecule has 98 valence electrons. The molecular formula is C11H11N5O2S. The lowest BCUT2D eigenvalue weighted by molar-refractivity contribution is -0.133. The summed E-state index contributed by atoms with van der Waals surface area (Å²) in [6, 6.07) is 0. The lowest BCUT2D eigenvalue weighted by Gasteiger charge is -2.07. The summed E-state index contributed by atoms with van der Waals surface area (Å²) in [5, 5.41) is 17.6. The zero-order valence-electron chi connectivity index (χ0n) is 9.93. The van der Waals surface area contributed by atoms with Crippen molar-refractivity contribution >= 4 is 17.7 Å². The number of carboxylic acid groups (broad SMARTS) is 1. The van der Waals surface area contributed by atoms with Crippen molar-refractivity contribution < 1.29 is 9.90 Å². The number of nitrogens with zero attached hydrogens (tertiary/aromatic N) is 5. The summed E-state index contributed by atoms with van der Waals surface area (Å²) < 4.78 is 1.85. The van der Waals surface area contributed by atoms with Crippen LogP contribution in [0, 0.1) is 0 Å². The first-order chi connectivity index (χ1) is 9.25. The normalized spacial score (nSPS) is 14.5. The predicted octanol–water partition coefficient (Wildman–Crippen LogP) is 1.11. The molecule has 7 nitrogen and oxygen atoms in total. The largest absolute Gasteiger partial charge is 0.481 e. The minimum atomic E-state index is -0.878. The number of carbonyl (C=O) groups is 1. The third-order valence-electron chi connectivity index (χ3n) is 2.73. The van der Waals surface area contributed by atoms with E-state index >= 15 is 0 Å². The highest BCUT2D eigenvalue weighted by molar-refractivity contribution is 7.99. The molecule has 19 heavy (non-hydrogen) atoms. The Kier molecular flexibility index (Phi) is 3.16. The van der Waals surface area contributed by atoms with Crippen molar-refractivity contribution in [2.45, 2.75) is 23.9 Å². The minimum Gasteiger partial charge on any atom is -0.481 e. The fraction of sp³-hybridized carbons (Fsp3) is 0.364. The molecule has 0 saturated heterocycles. The Hall–Kier alpha value is -1.96. The molecule has 0 spiro atoms. The molecule has 1 aliphatic carbocycles. The molecule has 8 heteroatoms. The Labute approximate surface area is 113 Å². The summed E-state index contributed by atoms with van der Waals surface area (Å²) in [6.45, 7) is 0. The molecule has 0 bridgehead atoms. The second kappa shape index (κ2) is 4.96. The maximum atomic E-state index is 10.7. The number of hydrogen-bond donors (Lipinski definition) is 1. The highest BCUT2D eigenvalue weighted by Crippen LogP contribution is 2.40. The molecular weight excluding hydrogens is 266 g/mol. The van der Waals surface area contributed by atoms with Crippen LogP contribution in [0.5, 0.6) is 0 Å². The third-order valence-corrected chi connectivity index (χ3v) is 3.64. The van der Waals surface area contributed by atoms with Gasteiger partial charge in [-0.3, -0.25) is 9.36 Å². The second-order valence-electron chi connectivity index (χ2n) is 4.23. The zero-order valence-corrected chi connectivity index (χ0v) is 10.7. The van der Waals surface area contributed by atoms with Gasteiger partial charge in [0.25, 0.3) is 0 Å². The standard InChI is InChI=1S/C11H11N5O2S/c17-9(18)5-19-11-15-14-10(7-1-2-7)16(11)8-3-12-6-13-4-8/h3-4,6-7H,1-2,5H2,(H,17,18). The molecule has 0 aliphatic heterocycles. The second-order valence-corrected chi connectivity index (χ2v) is 5.17. The van der Waals surface area contributed by atoms with E-state index in [4.69, 9.17) is 5.11 Å². The molecule has 0 radical (unpaired) electrons. The lowest BCUT2D eigenvalue weighted by Crippen LogP contribution is -2.05. The average Bonchev–Trinajstić information content (AvgIpc) is 3.17. The van der Waals surface area contributed by atoms with Crippen molar-refractivity contribution in [2.24, 2.45) is 0 Å². The maximum absolute atomic E-state index is 10.7. The molecule has 2 aromatic heterocycles. The van der Waals surface area contributed by atoms with Gasteiger partial charge in [-0.25, -0.2) is 9.97 Å². The Bertz CT molecular complexity index is 596. The van der Waals surface area contributed by atoms with Gasteiger partial charge in [-0.2, -0.15) is 0 Å². The van der Waals surface area contributed by atoms with Gasteiger partial charge >= 0.3 is 5.97 Å². The van der Waals surface area contributed by atoms with Gasteiger partial charge in [0.05, 0.1) is 23.8 Å². The predicted molar refractivity (Wildman–Crippen MR) is 67.3 cm³/mol. The molecule has 1 aliphatic rings. The molecule has 0 atom stereocenters. The smallest absolute Gasteiger partial charge is 0.313 e. The van der Waals surface area contributed by atoms with Gasteiger partial charge in [-0.1, -0.05) is 11.8 Å². The summed E-state index contributed by atoms with van der Waals surface area (Å²) in [7, 11) is 0. The summed E-state index contributed by atoms with van der Waals surface area (Å²) in [6.07, 6.45) is 6.99. The van der Waals surface area contributed by atoms with Gasteiger partial charge in [0.15, 0.2) is 5.16 Å². The van der Waals surface area contributed by atoms with Gasteiger partial charge in [0, 0.05) is 5.92 Å². The van der Waals surface area contributed by atoms with Crippen LogP contribution in [-0.4, -0.2) is 41.6 Å². The fourth-order valence-corrected chi connectivity index (χ4v) is 2.44.